The van der Waals surface area contributed by atoms with Crippen LogP contribution in [0.25, 0.3) is 0 Å². The van der Waals surface area contributed by atoms with Crippen LogP contribution in [-0.4, -0.2) is 227 Å². The van der Waals surface area contributed by atoms with Crippen molar-refractivity contribution in [1.29, 1.82) is 0 Å². The number of allylic oxidation sites excluding steroid dienone is 3. The Balaban J connectivity index is 1.11. The second-order valence-electron chi connectivity index (χ2n) is 25.7. The number of ether oxygens (including phenoxy) is 8. The van der Waals surface area contributed by atoms with Gasteiger partial charge in [-0.3, -0.25) is 4.79 Å². The van der Waals surface area contributed by atoms with Crippen LogP contribution in [0, 0.1) is 50.2 Å². The highest BCUT2D eigenvalue weighted by Gasteiger charge is 2.75. The summed E-state index contributed by atoms with van der Waals surface area (Å²) in [6, 6.07) is 0. The van der Waals surface area contributed by atoms with E-state index in [0.29, 0.717) is 37.7 Å². The molecule has 0 aromatic heterocycles. The predicted octanol–water partition coefficient (Wildman–Crippen LogP) is -1.32. The van der Waals surface area contributed by atoms with Crippen molar-refractivity contribution in [2.75, 3.05) is 26.4 Å². The van der Waals surface area contributed by atoms with Crippen molar-refractivity contribution in [3.8, 4) is 0 Å². The number of carboxylic acids is 1. The standard InChI is InChI=1S/C55H86O24/c1-10-23(2)46(71)79-43-44(72-24(3)60)55(22-59)27(16-50(43,4)5)26-11-12-30-52(7)14-13-25(15-31(52)51(6,21-58)20-54(30,9)53(26,8)17-32(55)61)73-49-41(77-48-38(67)36(65)34(63)29(19-57)75-48)39(68)40(42(78-49)45(69)70)76-47-37(66)35(64)33(62)28(18-56)74-47/h10-11,25,27-44,47-49,56-59,61-68H,12-22H2,1-9H3,(H,69,70)/b23-10+/t25?,27?,28?,29?,30?,31?,32-,33?,34?,35?,36?,37?,38?,39?,40?,41?,42?,43+,44?,47?,48?,49?,51+,52-,53-,54-,55+/m1/s1. The number of carboxylic acid groups (broad SMARTS) is 1. The Bertz CT molecular complexity index is 2290. The molecule has 24 nitrogen and oxygen atoms in total. The van der Waals surface area contributed by atoms with Crippen molar-refractivity contribution in [1.82, 2.24) is 0 Å². The molecule has 20 unspecified atom stereocenters. The van der Waals surface area contributed by atoms with Gasteiger partial charge in [-0.2, -0.15) is 0 Å². The summed E-state index contributed by atoms with van der Waals surface area (Å²) in [5, 5.41) is 143. The molecule has 8 aliphatic rings. The molecule has 0 amide bonds. The third-order valence-electron chi connectivity index (χ3n) is 20.8. The van der Waals surface area contributed by atoms with Crippen LogP contribution in [0.3, 0.4) is 0 Å². The summed E-state index contributed by atoms with van der Waals surface area (Å²) in [4.78, 5) is 39.5. The lowest BCUT2D eigenvalue weighted by molar-refractivity contribution is -0.388. The first-order chi connectivity index (χ1) is 36.9. The van der Waals surface area contributed by atoms with E-state index >= 15 is 0 Å². The molecule has 4 saturated carbocycles. The molecule has 7 fully saturated rings. The Hall–Kier alpha value is -2.83. The van der Waals surface area contributed by atoms with Gasteiger partial charge in [-0.15, -0.1) is 0 Å². The average molecular weight is 1130 g/mol. The first kappa shape index (κ1) is 62.2. The van der Waals surface area contributed by atoms with Crippen molar-refractivity contribution < 1.29 is 119 Å². The summed E-state index contributed by atoms with van der Waals surface area (Å²) in [5.74, 6) is -3.91. The minimum Gasteiger partial charge on any atom is -0.479 e. The quantitative estimate of drug-likeness (QED) is 0.0415. The van der Waals surface area contributed by atoms with Gasteiger partial charge in [0.05, 0.1) is 37.4 Å². The van der Waals surface area contributed by atoms with E-state index in [4.69, 9.17) is 37.9 Å². The van der Waals surface area contributed by atoms with Gasteiger partial charge >= 0.3 is 17.9 Å². The molecule has 8 rings (SSSR count). The van der Waals surface area contributed by atoms with Gasteiger partial charge in [-0.25, -0.2) is 9.59 Å². The van der Waals surface area contributed by atoms with Crippen LogP contribution in [0.5, 0.6) is 0 Å². The lowest BCUT2D eigenvalue weighted by atomic mass is 9.31. The van der Waals surface area contributed by atoms with Crippen molar-refractivity contribution in [3.63, 3.8) is 0 Å². The fourth-order valence-electron chi connectivity index (χ4n) is 16.3. The summed E-state index contributed by atoms with van der Waals surface area (Å²) in [7, 11) is 0. The third-order valence-corrected chi connectivity index (χ3v) is 20.8. The number of carbonyl (C=O) groups excluding carboxylic acids is 2. The van der Waals surface area contributed by atoms with Gasteiger partial charge in [0.25, 0.3) is 0 Å². The van der Waals surface area contributed by atoms with Gasteiger partial charge in [0.2, 0.25) is 0 Å². The first-order valence-corrected chi connectivity index (χ1v) is 27.6. The zero-order chi connectivity index (χ0) is 58.4. The number of hydrogen-bond donors (Lipinski definition) is 13. The number of fused-ring (bicyclic) bond motifs is 7. The van der Waals surface area contributed by atoms with Crippen molar-refractivity contribution in [2.24, 2.45) is 50.2 Å². The van der Waals surface area contributed by atoms with Gasteiger partial charge in [0, 0.05) is 24.5 Å². The van der Waals surface area contributed by atoms with Crippen molar-refractivity contribution in [2.45, 2.75) is 224 Å². The second-order valence-corrected chi connectivity index (χ2v) is 25.7. The summed E-state index contributed by atoms with van der Waals surface area (Å²) >= 11 is 0. The van der Waals surface area contributed by atoms with E-state index in [1.807, 2.05) is 20.8 Å². The minimum absolute atomic E-state index is 0.0849. The molecule has 0 bridgehead atoms. The number of aliphatic hydroxyl groups is 12. The van der Waals surface area contributed by atoms with E-state index in [9.17, 15) is 80.8 Å². The van der Waals surface area contributed by atoms with Gasteiger partial charge in [-0.1, -0.05) is 59.3 Å². The van der Waals surface area contributed by atoms with Crippen LogP contribution in [0.15, 0.2) is 23.3 Å². The van der Waals surface area contributed by atoms with Gasteiger partial charge < -0.3 is 104 Å². The first-order valence-electron chi connectivity index (χ1n) is 27.6. The normalized spacial score (nSPS) is 50.6. The predicted molar refractivity (Wildman–Crippen MR) is 269 cm³/mol. The van der Waals surface area contributed by atoms with Crippen LogP contribution in [0.2, 0.25) is 0 Å². The van der Waals surface area contributed by atoms with Crippen molar-refractivity contribution >= 4 is 17.9 Å². The lowest BCUT2D eigenvalue weighted by Gasteiger charge is -2.73. The highest BCUT2D eigenvalue weighted by atomic mass is 16.8. The molecule has 13 N–H and O–H groups in total. The smallest absolute Gasteiger partial charge is 0.335 e. The maximum Gasteiger partial charge on any atom is 0.335 e. The Labute approximate surface area is 459 Å². The second kappa shape index (κ2) is 22.6. The van der Waals surface area contributed by atoms with Crippen LogP contribution in [-0.2, 0) is 52.3 Å². The van der Waals surface area contributed by atoms with Gasteiger partial charge in [-0.05, 0) is 98.2 Å². The number of hydrogen-bond acceptors (Lipinski definition) is 23. The number of aliphatic hydroxyl groups excluding tert-OH is 12. The largest absolute Gasteiger partial charge is 0.479 e. The van der Waals surface area contributed by atoms with Gasteiger partial charge in [0.15, 0.2) is 25.0 Å². The Kier molecular flexibility index (Phi) is 17.8. The maximum atomic E-state index is 13.4. The molecule has 5 aliphatic carbocycles. The Morgan fingerprint density at radius 2 is 1.27 bits per heavy atom. The van der Waals surface area contributed by atoms with Crippen LogP contribution >= 0.6 is 0 Å². The monoisotopic (exact) mass is 1130 g/mol. The van der Waals surface area contributed by atoms with Gasteiger partial charge in [0.1, 0.15) is 79.4 Å². The molecule has 0 spiro atoms. The van der Waals surface area contributed by atoms with E-state index in [1.165, 1.54) is 6.92 Å². The highest BCUT2D eigenvalue weighted by molar-refractivity contribution is 5.87. The zero-order valence-electron chi connectivity index (χ0n) is 46.4. The topological polar surface area (TPSA) is 388 Å². The maximum absolute atomic E-state index is 13.4. The van der Waals surface area contributed by atoms with E-state index in [0.717, 1.165) is 5.57 Å². The van der Waals surface area contributed by atoms with Crippen LogP contribution in [0.4, 0.5) is 0 Å². The fourth-order valence-corrected chi connectivity index (χ4v) is 16.3. The fraction of sp³-hybridized carbons (Fsp3) is 0.873. The number of carbonyl (C=O) groups is 3. The van der Waals surface area contributed by atoms with Crippen LogP contribution < -0.4 is 0 Å². The van der Waals surface area contributed by atoms with E-state index in [2.05, 4.69) is 26.8 Å². The van der Waals surface area contributed by atoms with Crippen molar-refractivity contribution in [3.05, 3.63) is 23.3 Å². The number of aliphatic carboxylic acids is 1. The van der Waals surface area contributed by atoms with E-state index < -0.39 is 193 Å². The highest BCUT2D eigenvalue weighted by Crippen LogP contribution is 2.77. The number of rotatable bonds is 14. The number of esters is 2. The summed E-state index contributed by atoms with van der Waals surface area (Å²) in [6.45, 7) is 14.3. The molecule has 450 valence electrons. The molecular weight excluding hydrogens is 1040 g/mol. The lowest BCUT2D eigenvalue weighted by Crippen LogP contribution is -2.73. The molecule has 3 aliphatic heterocycles. The molecule has 24 heteroatoms. The Morgan fingerprint density at radius 1 is 0.684 bits per heavy atom. The molecule has 0 aromatic carbocycles. The molecule has 27 atom stereocenters. The average Bonchev–Trinajstić information content (AvgIpc) is 3.56. The molecule has 79 heavy (non-hydrogen) atoms. The zero-order valence-corrected chi connectivity index (χ0v) is 46.4. The molecule has 0 aromatic rings. The SMILES string of the molecule is C/C=C(\C)C(=O)O[C@H]1C(OC(C)=O)[C@@]2(CO)C(CC1(C)C)C1=CCC3[C@@]4(C)CCC(OC5OC(C(=O)O)C(OC6OC(CO)C(O)C(O)C6O)C(O)C5OC5OC(CO)C(O)C(O)C5O)CC4[C@](C)(CO)C[C@@]3(C)[C@]1(C)C[C@H]2O. The summed E-state index contributed by atoms with van der Waals surface area (Å²) in [5.41, 5.74) is -3.76. The molecular formula is C55H86O24. The Morgan fingerprint density at radius 3 is 1.78 bits per heavy atom. The molecule has 0 radical (unpaired) electrons. The van der Waals surface area contributed by atoms with E-state index in [1.54, 1.807) is 19.9 Å². The summed E-state index contributed by atoms with van der Waals surface area (Å²) < 4.78 is 48.0. The minimum atomic E-state index is -2.15. The molecule has 3 saturated heterocycles. The summed E-state index contributed by atoms with van der Waals surface area (Å²) in [6.07, 6.45) is -26.5. The van der Waals surface area contributed by atoms with E-state index in [-0.39, 0.29) is 31.3 Å². The molecule has 3 heterocycles. The third kappa shape index (κ3) is 10.1. The van der Waals surface area contributed by atoms with Crippen LogP contribution in [0.1, 0.15) is 107 Å².